The first-order chi connectivity index (χ1) is 11.1. The van der Waals surface area contributed by atoms with E-state index in [2.05, 4.69) is 34.5 Å². The number of hydrogen-bond donors (Lipinski definition) is 1. The summed E-state index contributed by atoms with van der Waals surface area (Å²) in [6.45, 7) is 4.24. The Bertz CT molecular complexity index is 518. The van der Waals surface area contributed by atoms with Gasteiger partial charge in [-0.2, -0.15) is 0 Å². The molecule has 1 aliphatic heterocycles. The molecule has 0 aromatic heterocycles. The molecule has 126 valence electrons. The topological polar surface area (TPSA) is 52.7 Å². The molecule has 5 nitrogen and oxygen atoms in total. The van der Waals surface area contributed by atoms with Crippen LogP contribution in [0.2, 0.25) is 0 Å². The monoisotopic (exact) mass is 317 g/mol. The maximum atomic E-state index is 11.9. The number of carbonyl (C=O) groups is 2. The summed E-state index contributed by atoms with van der Waals surface area (Å²) < 4.78 is 0. The number of carbonyl (C=O) groups excluding carboxylic acids is 2. The Morgan fingerprint density at radius 2 is 2.00 bits per heavy atom. The Morgan fingerprint density at radius 3 is 2.70 bits per heavy atom. The molecule has 0 bridgehead atoms. The molecule has 0 spiro atoms. The van der Waals surface area contributed by atoms with Crippen LogP contribution in [0.3, 0.4) is 0 Å². The van der Waals surface area contributed by atoms with E-state index in [9.17, 15) is 9.59 Å². The molecule has 0 radical (unpaired) electrons. The standard InChI is InChI=1S/C18H27N3O2/c1-15(22)20(2)14-18(23)19-12-17-10-6-7-11-21(17)13-16-8-4-3-5-9-16/h3-5,8-9,17H,6-7,10-14H2,1-2H3,(H,19,23)/t17-/m0/s1. The normalized spacial score (nSPS) is 18.4. The van der Waals surface area contributed by atoms with Gasteiger partial charge in [0.1, 0.15) is 0 Å². The van der Waals surface area contributed by atoms with E-state index in [1.54, 1.807) is 7.05 Å². The van der Waals surface area contributed by atoms with Crippen LogP contribution < -0.4 is 5.32 Å². The van der Waals surface area contributed by atoms with E-state index in [4.69, 9.17) is 0 Å². The van der Waals surface area contributed by atoms with E-state index in [0.717, 1.165) is 19.5 Å². The SMILES string of the molecule is CC(=O)N(C)CC(=O)NC[C@@H]1CCCCN1Cc1ccccc1. The number of hydrogen-bond acceptors (Lipinski definition) is 3. The molecule has 1 aliphatic rings. The second kappa shape index (κ2) is 8.67. The number of likely N-dealkylation sites (tertiary alicyclic amines) is 1. The average Bonchev–Trinajstić information content (AvgIpc) is 2.55. The molecule has 0 unspecified atom stereocenters. The fourth-order valence-electron chi connectivity index (χ4n) is 2.93. The summed E-state index contributed by atoms with van der Waals surface area (Å²) in [5.41, 5.74) is 1.31. The first kappa shape index (κ1) is 17.5. The van der Waals surface area contributed by atoms with Gasteiger partial charge in [0, 0.05) is 33.1 Å². The Morgan fingerprint density at radius 1 is 1.26 bits per heavy atom. The molecule has 1 aromatic rings. The van der Waals surface area contributed by atoms with Crippen LogP contribution >= 0.6 is 0 Å². The second-order valence-electron chi connectivity index (χ2n) is 6.28. The van der Waals surface area contributed by atoms with Crippen LogP contribution in [0.25, 0.3) is 0 Å². The maximum absolute atomic E-state index is 11.9. The minimum Gasteiger partial charge on any atom is -0.353 e. The van der Waals surface area contributed by atoms with Gasteiger partial charge in [-0.1, -0.05) is 36.8 Å². The smallest absolute Gasteiger partial charge is 0.239 e. The summed E-state index contributed by atoms with van der Waals surface area (Å²) in [4.78, 5) is 27.0. The van der Waals surface area contributed by atoms with E-state index in [-0.39, 0.29) is 18.4 Å². The third-order valence-corrected chi connectivity index (χ3v) is 4.43. The minimum absolute atomic E-state index is 0.0899. The van der Waals surface area contributed by atoms with Crippen molar-refractivity contribution in [1.29, 1.82) is 0 Å². The predicted molar refractivity (Wildman–Crippen MR) is 90.8 cm³/mol. The first-order valence-electron chi connectivity index (χ1n) is 8.32. The lowest BCUT2D eigenvalue weighted by Gasteiger charge is -2.36. The van der Waals surface area contributed by atoms with Gasteiger partial charge in [0.05, 0.1) is 6.54 Å². The van der Waals surface area contributed by atoms with Gasteiger partial charge in [-0.3, -0.25) is 14.5 Å². The van der Waals surface area contributed by atoms with E-state index < -0.39 is 0 Å². The van der Waals surface area contributed by atoms with Gasteiger partial charge >= 0.3 is 0 Å². The van der Waals surface area contributed by atoms with E-state index in [1.807, 2.05) is 6.07 Å². The van der Waals surface area contributed by atoms with E-state index >= 15 is 0 Å². The van der Waals surface area contributed by atoms with Gasteiger partial charge in [0.15, 0.2) is 0 Å². The fraction of sp³-hybridized carbons (Fsp3) is 0.556. The van der Waals surface area contributed by atoms with Crippen LogP contribution in [0.4, 0.5) is 0 Å². The summed E-state index contributed by atoms with van der Waals surface area (Å²) >= 11 is 0. The first-order valence-corrected chi connectivity index (χ1v) is 8.32. The number of amides is 2. The third-order valence-electron chi connectivity index (χ3n) is 4.43. The molecule has 1 saturated heterocycles. The highest BCUT2D eigenvalue weighted by Gasteiger charge is 2.23. The zero-order valence-electron chi connectivity index (χ0n) is 14.1. The summed E-state index contributed by atoms with van der Waals surface area (Å²) in [6.07, 6.45) is 3.53. The second-order valence-corrected chi connectivity index (χ2v) is 6.28. The molecule has 23 heavy (non-hydrogen) atoms. The Hall–Kier alpha value is -1.88. The molecule has 1 N–H and O–H groups in total. The van der Waals surface area contributed by atoms with Crippen LogP contribution in [0, 0.1) is 0 Å². The molecule has 0 saturated carbocycles. The molecule has 5 heteroatoms. The van der Waals surface area contributed by atoms with Crippen molar-refractivity contribution < 1.29 is 9.59 Å². The van der Waals surface area contributed by atoms with E-state index in [1.165, 1.54) is 30.2 Å². The lowest BCUT2D eigenvalue weighted by molar-refractivity contribution is -0.133. The number of nitrogens with one attached hydrogen (secondary N) is 1. The van der Waals surface area contributed by atoms with Crippen LogP contribution in [0.1, 0.15) is 31.7 Å². The predicted octanol–water partition coefficient (Wildman–Crippen LogP) is 1.64. The van der Waals surface area contributed by atoms with Crippen molar-refractivity contribution in [2.75, 3.05) is 26.7 Å². The highest BCUT2D eigenvalue weighted by atomic mass is 16.2. The lowest BCUT2D eigenvalue weighted by atomic mass is 10.0. The summed E-state index contributed by atoms with van der Waals surface area (Å²) in [7, 11) is 1.64. The summed E-state index contributed by atoms with van der Waals surface area (Å²) in [5, 5.41) is 2.98. The zero-order chi connectivity index (χ0) is 16.7. The Kier molecular flexibility index (Phi) is 6.59. The number of nitrogens with zero attached hydrogens (tertiary/aromatic N) is 2. The Labute approximate surface area is 138 Å². The van der Waals surface area contributed by atoms with Gasteiger partial charge in [-0.25, -0.2) is 0 Å². The van der Waals surface area contributed by atoms with Gasteiger partial charge in [0.25, 0.3) is 0 Å². The van der Waals surface area contributed by atoms with Crippen molar-refractivity contribution in [3.05, 3.63) is 35.9 Å². The molecule has 1 aromatic carbocycles. The average molecular weight is 317 g/mol. The number of benzene rings is 1. The van der Waals surface area contributed by atoms with Crippen molar-refractivity contribution in [2.45, 2.75) is 38.8 Å². The summed E-state index contributed by atoms with van der Waals surface area (Å²) in [6, 6.07) is 10.8. The number of rotatable bonds is 6. The highest BCUT2D eigenvalue weighted by molar-refractivity contribution is 5.83. The van der Waals surface area contributed by atoms with Gasteiger partial charge in [-0.15, -0.1) is 0 Å². The zero-order valence-corrected chi connectivity index (χ0v) is 14.1. The van der Waals surface area contributed by atoms with Crippen LogP contribution in [0.15, 0.2) is 30.3 Å². The molecule has 1 heterocycles. The molecule has 1 atom stereocenters. The van der Waals surface area contributed by atoms with Crippen LogP contribution in [-0.4, -0.2) is 54.3 Å². The van der Waals surface area contributed by atoms with Gasteiger partial charge in [0.2, 0.25) is 11.8 Å². The molecule has 2 amide bonds. The maximum Gasteiger partial charge on any atom is 0.239 e. The molecular weight excluding hydrogens is 290 g/mol. The lowest BCUT2D eigenvalue weighted by Crippen LogP contribution is -2.48. The molecule has 0 aliphatic carbocycles. The quantitative estimate of drug-likeness (QED) is 0.868. The van der Waals surface area contributed by atoms with Crippen molar-refractivity contribution in [3.8, 4) is 0 Å². The fourth-order valence-corrected chi connectivity index (χ4v) is 2.93. The van der Waals surface area contributed by atoms with Crippen LogP contribution in [0.5, 0.6) is 0 Å². The largest absolute Gasteiger partial charge is 0.353 e. The number of piperidine rings is 1. The summed E-state index contributed by atoms with van der Waals surface area (Å²) in [5.74, 6) is -0.184. The molecular formula is C18H27N3O2. The molecule has 1 fully saturated rings. The van der Waals surface area contributed by atoms with Crippen molar-refractivity contribution in [1.82, 2.24) is 15.1 Å². The van der Waals surface area contributed by atoms with Gasteiger partial charge in [-0.05, 0) is 24.9 Å². The van der Waals surface area contributed by atoms with Crippen molar-refractivity contribution in [2.24, 2.45) is 0 Å². The van der Waals surface area contributed by atoms with Gasteiger partial charge < -0.3 is 10.2 Å². The highest BCUT2D eigenvalue weighted by Crippen LogP contribution is 2.19. The Balaban J connectivity index is 1.84. The number of likely N-dealkylation sites (N-methyl/N-ethyl adjacent to an activating group) is 1. The van der Waals surface area contributed by atoms with Crippen LogP contribution in [-0.2, 0) is 16.1 Å². The van der Waals surface area contributed by atoms with E-state index in [0.29, 0.717) is 12.6 Å². The van der Waals surface area contributed by atoms with Crippen molar-refractivity contribution in [3.63, 3.8) is 0 Å². The third kappa shape index (κ3) is 5.67. The minimum atomic E-state index is -0.0940. The molecule has 2 rings (SSSR count). The van der Waals surface area contributed by atoms with Crippen molar-refractivity contribution >= 4 is 11.8 Å².